The normalized spacial score (nSPS) is 10.7. The van der Waals surface area contributed by atoms with E-state index in [1.165, 1.54) is 11.3 Å². The molecule has 0 unspecified atom stereocenters. The smallest absolute Gasteiger partial charge is 0.203 e. The number of hydrogen-bond acceptors (Lipinski definition) is 5. The lowest BCUT2D eigenvalue weighted by atomic mass is 10.2. The van der Waals surface area contributed by atoms with Crippen LogP contribution in [0.15, 0.2) is 39.4 Å². The summed E-state index contributed by atoms with van der Waals surface area (Å²) in [6.45, 7) is 0. The van der Waals surface area contributed by atoms with Gasteiger partial charge in [0.1, 0.15) is 5.75 Å². The van der Waals surface area contributed by atoms with E-state index in [4.69, 9.17) is 4.74 Å². The molecule has 1 N–H and O–H groups in total. The fourth-order valence-corrected chi connectivity index (χ4v) is 2.24. The molecule has 0 radical (unpaired) electrons. The number of benzene rings is 1. The van der Waals surface area contributed by atoms with Crippen LogP contribution in [0.5, 0.6) is 5.75 Å². The number of anilines is 1. The molecule has 0 spiro atoms. The zero-order valence-electron chi connectivity index (χ0n) is 9.05. The molecular formula is C11H10BrN3OS. The molecule has 6 heteroatoms. The van der Waals surface area contributed by atoms with Gasteiger partial charge in [-0.15, -0.1) is 11.3 Å². The number of halogens is 1. The van der Waals surface area contributed by atoms with Crippen molar-refractivity contribution in [3.05, 3.63) is 39.8 Å². The maximum Gasteiger partial charge on any atom is 0.203 e. The summed E-state index contributed by atoms with van der Waals surface area (Å²) in [7, 11) is 1.64. The first kappa shape index (κ1) is 12.1. The van der Waals surface area contributed by atoms with Crippen molar-refractivity contribution in [2.24, 2.45) is 5.10 Å². The van der Waals surface area contributed by atoms with Crippen molar-refractivity contribution in [1.82, 2.24) is 4.98 Å². The van der Waals surface area contributed by atoms with Crippen LogP contribution in [0.3, 0.4) is 0 Å². The number of hydrogen-bond donors (Lipinski definition) is 1. The lowest BCUT2D eigenvalue weighted by Crippen LogP contribution is -1.91. The van der Waals surface area contributed by atoms with E-state index in [1.54, 1.807) is 19.5 Å². The molecule has 0 aliphatic heterocycles. The van der Waals surface area contributed by atoms with Gasteiger partial charge < -0.3 is 4.74 Å². The third-order valence-electron chi connectivity index (χ3n) is 1.98. The summed E-state index contributed by atoms with van der Waals surface area (Å²) in [6.07, 6.45) is 3.46. The van der Waals surface area contributed by atoms with E-state index in [0.717, 1.165) is 20.9 Å². The Balaban J connectivity index is 2.03. The molecule has 0 bridgehead atoms. The van der Waals surface area contributed by atoms with Crippen LogP contribution < -0.4 is 10.2 Å². The van der Waals surface area contributed by atoms with E-state index in [1.807, 2.05) is 23.6 Å². The molecule has 88 valence electrons. The molecule has 1 aromatic carbocycles. The van der Waals surface area contributed by atoms with Crippen LogP contribution in [0.4, 0.5) is 5.13 Å². The third kappa shape index (κ3) is 3.28. The molecule has 1 heterocycles. The third-order valence-corrected chi connectivity index (χ3v) is 3.28. The second-order valence-corrected chi connectivity index (χ2v) is 4.85. The highest BCUT2D eigenvalue weighted by Crippen LogP contribution is 2.24. The van der Waals surface area contributed by atoms with Crippen LogP contribution in [-0.2, 0) is 0 Å². The summed E-state index contributed by atoms with van der Waals surface area (Å²) >= 11 is 4.92. The minimum Gasteiger partial charge on any atom is -0.496 e. The first-order valence-corrected chi connectivity index (χ1v) is 6.49. The molecule has 2 aromatic rings. The molecule has 0 aliphatic carbocycles. The van der Waals surface area contributed by atoms with E-state index in [2.05, 4.69) is 31.4 Å². The maximum atomic E-state index is 5.15. The van der Waals surface area contributed by atoms with E-state index < -0.39 is 0 Å². The number of thiazole rings is 1. The Morgan fingerprint density at radius 3 is 3.06 bits per heavy atom. The quantitative estimate of drug-likeness (QED) is 0.695. The summed E-state index contributed by atoms with van der Waals surface area (Å²) in [6, 6.07) is 5.75. The monoisotopic (exact) mass is 311 g/mol. The first-order chi connectivity index (χ1) is 8.29. The van der Waals surface area contributed by atoms with Gasteiger partial charge in [-0.2, -0.15) is 5.10 Å². The van der Waals surface area contributed by atoms with Crippen LogP contribution in [0.25, 0.3) is 0 Å². The molecule has 0 aliphatic rings. The van der Waals surface area contributed by atoms with Gasteiger partial charge in [-0.3, -0.25) is 5.43 Å². The Morgan fingerprint density at radius 1 is 1.53 bits per heavy atom. The number of nitrogens with zero attached hydrogens (tertiary/aromatic N) is 2. The van der Waals surface area contributed by atoms with Gasteiger partial charge in [0.2, 0.25) is 5.13 Å². The zero-order valence-corrected chi connectivity index (χ0v) is 11.5. The Bertz CT molecular complexity index is 513. The van der Waals surface area contributed by atoms with E-state index in [9.17, 15) is 0 Å². The van der Waals surface area contributed by atoms with Crippen LogP contribution >= 0.6 is 27.3 Å². The van der Waals surface area contributed by atoms with Gasteiger partial charge >= 0.3 is 0 Å². The summed E-state index contributed by atoms with van der Waals surface area (Å²) in [4.78, 5) is 4.06. The Kier molecular flexibility index (Phi) is 4.11. The molecule has 0 amide bonds. The van der Waals surface area contributed by atoms with Crippen molar-refractivity contribution < 1.29 is 4.74 Å². The average molecular weight is 312 g/mol. The summed E-state index contributed by atoms with van der Waals surface area (Å²) in [5, 5.41) is 6.75. The number of hydrazone groups is 1. The minimum absolute atomic E-state index is 0.772. The van der Waals surface area contributed by atoms with Gasteiger partial charge in [-0.25, -0.2) is 4.98 Å². The predicted molar refractivity (Wildman–Crippen MR) is 74.0 cm³/mol. The van der Waals surface area contributed by atoms with Crippen molar-refractivity contribution >= 4 is 38.6 Å². The van der Waals surface area contributed by atoms with Crippen molar-refractivity contribution in [3.8, 4) is 5.75 Å². The van der Waals surface area contributed by atoms with E-state index in [-0.39, 0.29) is 0 Å². The molecule has 0 atom stereocenters. The molecule has 0 saturated carbocycles. The van der Waals surface area contributed by atoms with E-state index >= 15 is 0 Å². The molecule has 0 saturated heterocycles. The molecule has 2 rings (SSSR count). The molecule has 4 nitrogen and oxygen atoms in total. The van der Waals surface area contributed by atoms with Crippen LogP contribution in [0.2, 0.25) is 0 Å². The van der Waals surface area contributed by atoms with Gasteiger partial charge in [-0.05, 0) is 39.7 Å². The van der Waals surface area contributed by atoms with Crippen LogP contribution in [-0.4, -0.2) is 18.3 Å². The predicted octanol–water partition coefficient (Wildman–Crippen LogP) is 3.36. The topological polar surface area (TPSA) is 46.5 Å². The largest absolute Gasteiger partial charge is 0.496 e. The minimum atomic E-state index is 0.772. The van der Waals surface area contributed by atoms with Crippen molar-refractivity contribution in [1.29, 1.82) is 0 Å². The second kappa shape index (κ2) is 5.79. The zero-order chi connectivity index (χ0) is 12.1. The lowest BCUT2D eigenvalue weighted by molar-refractivity contribution is 0.412. The number of aromatic nitrogens is 1. The van der Waals surface area contributed by atoms with Crippen molar-refractivity contribution in [2.45, 2.75) is 0 Å². The van der Waals surface area contributed by atoms with Crippen LogP contribution in [0, 0.1) is 0 Å². The van der Waals surface area contributed by atoms with Gasteiger partial charge in [0.05, 0.1) is 17.8 Å². The summed E-state index contributed by atoms with van der Waals surface area (Å²) in [5.74, 6) is 0.801. The summed E-state index contributed by atoms with van der Waals surface area (Å²) in [5.41, 5.74) is 3.83. The van der Waals surface area contributed by atoms with Crippen molar-refractivity contribution in [3.63, 3.8) is 0 Å². The van der Waals surface area contributed by atoms with Crippen molar-refractivity contribution in [2.75, 3.05) is 12.5 Å². The van der Waals surface area contributed by atoms with Gasteiger partial charge in [-0.1, -0.05) is 0 Å². The molecule has 17 heavy (non-hydrogen) atoms. The Hall–Kier alpha value is -1.40. The highest BCUT2D eigenvalue weighted by atomic mass is 79.9. The second-order valence-electron chi connectivity index (χ2n) is 3.10. The standard InChI is InChI=1S/C11H10BrN3OS/c1-16-10-3-2-8(6-9(10)12)7-14-15-11-13-4-5-17-11/h2-7H,1H3,(H,13,15)/b14-7+. The molecule has 1 aromatic heterocycles. The molecular weight excluding hydrogens is 302 g/mol. The number of rotatable bonds is 4. The fraction of sp³-hybridized carbons (Fsp3) is 0.0909. The highest BCUT2D eigenvalue weighted by Gasteiger charge is 1.99. The van der Waals surface area contributed by atoms with Crippen LogP contribution in [0.1, 0.15) is 5.56 Å². The summed E-state index contributed by atoms with van der Waals surface area (Å²) < 4.78 is 6.05. The SMILES string of the molecule is COc1ccc(/C=N/Nc2nccs2)cc1Br. The first-order valence-electron chi connectivity index (χ1n) is 4.81. The van der Waals surface area contributed by atoms with E-state index in [0.29, 0.717) is 0 Å². The number of ether oxygens (including phenoxy) is 1. The molecule has 0 fully saturated rings. The van der Waals surface area contributed by atoms with Gasteiger partial charge in [0, 0.05) is 11.6 Å². The lowest BCUT2D eigenvalue weighted by Gasteiger charge is -2.02. The van der Waals surface area contributed by atoms with Gasteiger partial charge in [0.25, 0.3) is 0 Å². The van der Waals surface area contributed by atoms with Gasteiger partial charge in [0.15, 0.2) is 0 Å². The Labute approximate surface area is 111 Å². The Morgan fingerprint density at radius 2 is 2.41 bits per heavy atom. The maximum absolute atomic E-state index is 5.15. The number of nitrogens with one attached hydrogen (secondary N) is 1. The highest BCUT2D eigenvalue weighted by molar-refractivity contribution is 9.10. The fourth-order valence-electron chi connectivity index (χ4n) is 1.20. The number of methoxy groups -OCH3 is 1. The average Bonchev–Trinajstić information content (AvgIpc) is 2.82.